The normalized spacial score (nSPS) is 11.1. The predicted molar refractivity (Wildman–Crippen MR) is 102 cm³/mol. The molecule has 0 fully saturated rings. The van der Waals surface area contributed by atoms with Gasteiger partial charge in [0.05, 0.1) is 17.5 Å². The summed E-state index contributed by atoms with van der Waals surface area (Å²) in [6, 6.07) is 14.8. The molecule has 1 aromatic heterocycles. The second-order valence-corrected chi connectivity index (χ2v) is 6.36. The van der Waals surface area contributed by atoms with Gasteiger partial charge in [-0.15, -0.1) is 0 Å². The molecule has 0 radical (unpaired) electrons. The van der Waals surface area contributed by atoms with E-state index in [-0.39, 0.29) is 12.2 Å². The van der Waals surface area contributed by atoms with Crippen LogP contribution in [0.4, 0.5) is 4.39 Å². The molecule has 0 unspecified atom stereocenters. The topological polar surface area (TPSA) is 48.7 Å². The van der Waals surface area contributed by atoms with Crippen molar-refractivity contribution in [1.29, 1.82) is 0 Å². The molecular formula is C21H14ClFO4. The summed E-state index contributed by atoms with van der Waals surface area (Å²) in [4.78, 5) is 12.3. The van der Waals surface area contributed by atoms with Crippen molar-refractivity contribution in [3.8, 4) is 11.5 Å². The minimum absolute atomic E-state index is 0.0357. The van der Waals surface area contributed by atoms with Crippen molar-refractivity contribution in [1.82, 2.24) is 0 Å². The van der Waals surface area contributed by atoms with Gasteiger partial charge in [-0.3, -0.25) is 0 Å². The molecular weight excluding hydrogens is 371 g/mol. The first-order valence-electron chi connectivity index (χ1n) is 8.17. The first-order chi connectivity index (χ1) is 13.1. The Morgan fingerprint density at radius 3 is 2.56 bits per heavy atom. The summed E-state index contributed by atoms with van der Waals surface area (Å²) in [6.07, 6.45) is 0. The lowest BCUT2D eigenvalue weighted by Crippen LogP contribution is -2.02. The van der Waals surface area contributed by atoms with E-state index in [2.05, 4.69) is 0 Å². The third-order valence-electron chi connectivity index (χ3n) is 4.34. The summed E-state index contributed by atoms with van der Waals surface area (Å²) in [5.41, 5.74) is 0.187. The van der Waals surface area contributed by atoms with E-state index in [0.29, 0.717) is 27.5 Å². The fraction of sp³-hybridized carbons (Fsp3) is 0.0952. The lowest BCUT2D eigenvalue weighted by atomic mass is 10.1. The average Bonchev–Trinajstić information content (AvgIpc) is 2.67. The van der Waals surface area contributed by atoms with Crippen molar-refractivity contribution in [2.24, 2.45) is 0 Å². The van der Waals surface area contributed by atoms with Crippen molar-refractivity contribution < 1.29 is 18.3 Å². The van der Waals surface area contributed by atoms with Crippen molar-refractivity contribution in [3.05, 3.63) is 81.4 Å². The maximum Gasteiger partial charge on any atom is 0.344 e. The van der Waals surface area contributed by atoms with Crippen LogP contribution in [-0.2, 0) is 6.61 Å². The number of hydrogen-bond acceptors (Lipinski definition) is 4. The Morgan fingerprint density at radius 1 is 1.00 bits per heavy atom. The molecule has 3 aromatic carbocycles. The maximum atomic E-state index is 13.9. The van der Waals surface area contributed by atoms with Crippen LogP contribution in [0, 0.1) is 5.82 Å². The Bertz CT molecular complexity index is 1200. The molecule has 136 valence electrons. The molecule has 0 amide bonds. The Morgan fingerprint density at radius 2 is 1.78 bits per heavy atom. The van der Waals surface area contributed by atoms with Crippen molar-refractivity contribution >= 4 is 33.3 Å². The Balaban J connectivity index is 1.72. The fourth-order valence-corrected chi connectivity index (χ4v) is 3.15. The number of hydrogen-bond donors (Lipinski definition) is 0. The van der Waals surface area contributed by atoms with Gasteiger partial charge in [0.25, 0.3) is 0 Å². The predicted octanol–water partition coefficient (Wildman–Crippen LogP) is 5.33. The highest BCUT2D eigenvalue weighted by Crippen LogP contribution is 2.29. The van der Waals surface area contributed by atoms with E-state index in [1.807, 2.05) is 6.07 Å². The van der Waals surface area contributed by atoms with Crippen molar-refractivity contribution in [3.63, 3.8) is 0 Å². The molecule has 0 spiro atoms. The Kier molecular flexibility index (Phi) is 4.46. The van der Waals surface area contributed by atoms with Crippen LogP contribution in [-0.4, -0.2) is 7.11 Å². The molecule has 4 aromatic rings. The highest BCUT2D eigenvalue weighted by molar-refractivity contribution is 6.31. The van der Waals surface area contributed by atoms with Gasteiger partial charge in [0.1, 0.15) is 29.5 Å². The summed E-state index contributed by atoms with van der Waals surface area (Å²) in [5.74, 6) is 0.587. The highest BCUT2D eigenvalue weighted by atomic mass is 35.5. The van der Waals surface area contributed by atoms with Gasteiger partial charge >= 0.3 is 5.63 Å². The van der Waals surface area contributed by atoms with Crippen LogP contribution >= 0.6 is 11.6 Å². The molecule has 0 N–H and O–H groups in total. The quantitative estimate of drug-likeness (QED) is 0.352. The smallest absolute Gasteiger partial charge is 0.344 e. The van der Waals surface area contributed by atoms with Gasteiger partial charge in [-0.25, -0.2) is 9.18 Å². The monoisotopic (exact) mass is 384 g/mol. The van der Waals surface area contributed by atoms with Crippen LogP contribution in [0.15, 0.2) is 63.8 Å². The summed E-state index contributed by atoms with van der Waals surface area (Å²) in [6.45, 7) is -0.0357. The van der Waals surface area contributed by atoms with Gasteiger partial charge in [0.2, 0.25) is 0 Å². The molecule has 27 heavy (non-hydrogen) atoms. The summed E-state index contributed by atoms with van der Waals surface area (Å²) >= 11 is 6.01. The van der Waals surface area contributed by atoms with Crippen molar-refractivity contribution in [2.75, 3.05) is 7.11 Å². The number of halogens is 2. The summed E-state index contributed by atoms with van der Waals surface area (Å²) < 4.78 is 30.1. The molecule has 4 rings (SSSR count). The van der Waals surface area contributed by atoms with Gasteiger partial charge in [0.15, 0.2) is 0 Å². The molecule has 0 aliphatic rings. The molecule has 0 atom stereocenters. The molecule has 4 nitrogen and oxygen atoms in total. The van der Waals surface area contributed by atoms with Crippen LogP contribution in [0.3, 0.4) is 0 Å². The van der Waals surface area contributed by atoms with Crippen LogP contribution in [0.5, 0.6) is 11.5 Å². The summed E-state index contributed by atoms with van der Waals surface area (Å²) in [7, 11) is 1.54. The van der Waals surface area contributed by atoms with Crippen molar-refractivity contribution in [2.45, 2.75) is 6.61 Å². The number of ether oxygens (including phenoxy) is 2. The highest BCUT2D eigenvalue weighted by Gasteiger charge is 2.11. The van der Waals surface area contributed by atoms with E-state index >= 15 is 0 Å². The third-order valence-corrected chi connectivity index (χ3v) is 4.69. The molecule has 0 bridgehead atoms. The minimum atomic E-state index is -0.467. The first-order valence-corrected chi connectivity index (χ1v) is 8.55. The first kappa shape index (κ1) is 17.4. The lowest BCUT2D eigenvalue weighted by Gasteiger charge is -2.10. The molecule has 0 aliphatic heterocycles. The molecule has 0 saturated heterocycles. The second-order valence-electron chi connectivity index (χ2n) is 5.95. The Hall–Kier alpha value is -3.05. The van der Waals surface area contributed by atoms with Gasteiger partial charge < -0.3 is 13.9 Å². The molecule has 0 aliphatic carbocycles. The third kappa shape index (κ3) is 3.22. The Labute approximate surface area is 158 Å². The largest absolute Gasteiger partial charge is 0.497 e. The van der Waals surface area contributed by atoms with E-state index in [4.69, 9.17) is 25.5 Å². The van der Waals surface area contributed by atoms with E-state index in [9.17, 15) is 9.18 Å². The zero-order chi connectivity index (χ0) is 19.0. The number of methoxy groups -OCH3 is 1. The number of fused-ring (bicyclic) bond motifs is 3. The van der Waals surface area contributed by atoms with E-state index in [1.165, 1.54) is 19.2 Å². The number of benzene rings is 3. The second kappa shape index (κ2) is 6.93. The van der Waals surface area contributed by atoms with E-state index in [0.717, 1.165) is 10.8 Å². The van der Waals surface area contributed by atoms with Gasteiger partial charge in [-0.05, 0) is 42.5 Å². The van der Waals surface area contributed by atoms with Gasteiger partial charge in [0, 0.05) is 22.4 Å². The van der Waals surface area contributed by atoms with Crippen LogP contribution in [0.25, 0.3) is 21.7 Å². The zero-order valence-electron chi connectivity index (χ0n) is 14.3. The lowest BCUT2D eigenvalue weighted by molar-refractivity contribution is 0.300. The van der Waals surface area contributed by atoms with Crippen LogP contribution < -0.4 is 15.1 Å². The van der Waals surface area contributed by atoms with E-state index in [1.54, 1.807) is 36.4 Å². The summed E-state index contributed by atoms with van der Waals surface area (Å²) in [5, 5.41) is 2.25. The molecule has 0 saturated carbocycles. The molecule has 6 heteroatoms. The van der Waals surface area contributed by atoms with Crippen LogP contribution in [0.2, 0.25) is 5.02 Å². The average molecular weight is 385 g/mol. The van der Waals surface area contributed by atoms with Gasteiger partial charge in [-0.2, -0.15) is 0 Å². The fourth-order valence-electron chi connectivity index (χ4n) is 2.93. The minimum Gasteiger partial charge on any atom is -0.497 e. The number of rotatable bonds is 4. The van der Waals surface area contributed by atoms with Gasteiger partial charge in [-0.1, -0.05) is 17.7 Å². The maximum absolute atomic E-state index is 13.9. The van der Waals surface area contributed by atoms with E-state index < -0.39 is 11.4 Å². The SMILES string of the molecule is COc1ccc2c(c1)c(=O)oc1cc(OCc3c(F)cccc3Cl)ccc12. The standard InChI is InChI=1S/C21H14ClFO4/c1-25-12-5-7-14-15-8-6-13(10-20(15)27-21(24)16(14)9-12)26-11-17-18(22)3-2-4-19(17)23/h2-10H,11H2,1H3. The molecule has 1 heterocycles. The van der Waals surface area contributed by atoms with Crippen LogP contribution in [0.1, 0.15) is 5.56 Å². The zero-order valence-corrected chi connectivity index (χ0v) is 15.0.